The maximum Gasteiger partial charge on any atom is 0.119 e. The number of rotatable bonds is 5. The first-order chi connectivity index (χ1) is 9.65. The zero-order valence-corrected chi connectivity index (χ0v) is 12.3. The van der Waals surface area contributed by atoms with Gasteiger partial charge in [-0.2, -0.15) is 0 Å². The fraction of sp³-hybridized carbons (Fsp3) is 0.222. The summed E-state index contributed by atoms with van der Waals surface area (Å²) in [6, 6.07) is 16.5. The van der Waals surface area contributed by atoms with Crippen LogP contribution < -0.4 is 9.64 Å². The standard InChI is InChI=1S/C18H21NO/c1-15-8-10-18(11-9-15)20-13-5-12-19(3)17-7-4-6-16(2)14-17/h4-12,14H,13H2,1-3H3/b12-5+. The maximum absolute atomic E-state index is 5.66. The Bertz CT molecular complexity index is 572. The second-order valence-electron chi connectivity index (χ2n) is 4.96. The van der Waals surface area contributed by atoms with Crippen molar-refractivity contribution < 1.29 is 4.74 Å². The summed E-state index contributed by atoms with van der Waals surface area (Å²) in [6.07, 6.45) is 4.05. The zero-order chi connectivity index (χ0) is 14.4. The van der Waals surface area contributed by atoms with Gasteiger partial charge in [-0.15, -0.1) is 0 Å². The van der Waals surface area contributed by atoms with Crippen LogP contribution in [-0.2, 0) is 0 Å². The average Bonchev–Trinajstić information content (AvgIpc) is 2.45. The van der Waals surface area contributed by atoms with Gasteiger partial charge in [0.1, 0.15) is 12.4 Å². The lowest BCUT2D eigenvalue weighted by Gasteiger charge is -2.14. The van der Waals surface area contributed by atoms with Crippen LogP contribution in [0.5, 0.6) is 5.75 Å². The third-order valence-corrected chi connectivity index (χ3v) is 3.11. The number of ether oxygens (including phenoxy) is 1. The van der Waals surface area contributed by atoms with Gasteiger partial charge in [-0.1, -0.05) is 29.8 Å². The summed E-state index contributed by atoms with van der Waals surface area (Å²) >= 11 is 0. The minimum Gasteiger partial charge on any atom is -0.489 e. The highest BCUT2D eigenvalue weighted by molar-refractivity contribution is 5.49. The van der Waals surface area contributed by atoms with Crippen molar-refractivity contribution in [2.75, 3.05) is 18.6 Å². The molecule has 2 nitrogen and oxygen atoms in total. The second-order valence-corrected chi connectivity index (χ2v) is 4.96. The molecule has 0 saturated carbocycles. The Morgan fingerprint density at radius 2 is 1.75 bits per heavy atom. The van der Waals surface area contributed by atoms with E-state index in [9.17, 15) is 0 Å². The minimum atomic E-state index is 0.569. The lowest BCUT2D eigenvalue weighted by molar-refractivity contribution is 0.362. The van der Waals surface area contributed by atoms with Crippen LogP contribution in [0.3, 0.4) is 0 Å². The lowest BCUT2D eigenvalue weighted by atomic mass is 10.2. The molecule has 2 rings (SSSR count). The number of hydrogen-bond donors (Lipinski definition) is 0. The first-order valence-corrected chi connectivity index (χ1v) is 6.81. The van der Waals surface area contributed by atoms with E-state index in [2.05, 4.69) is 55.1 Å². The molecule has 0 amide bonds. The van der Waals surface area contributed by atoms with Crippen LogP contribution in [0.4, 0.5) is 5.69 Å². The van der Waals surface area contributed by atoms with Gasteiger partial charge < -0.3 is 9.64 Å². The molecule has 2 heteroatoms. The molecule has 0 saturated heterocycles. The van der Waals surface area contributed by atoms with Crippen molar-refractivity contribution in [1.29, 1.82) is 0 Å². The predicted octanol–water partition coefficient (Wildman–Crippen LogP) is 4.33. The van der Waals surface area contributed by atoms with Gasteiger partial charge >= 0.3 is 0 Å². The monoisotopic (exact) mass is 267 g/mol. The van der Waals surface area contributed by atoms with Crippen LogP contribution in [0.2, 0.25) is 0 Å². The Morgan fingerprint density at radius 3 is 2.45 bits per heavy atom. The molecule has 0 aliphatic carbocycles. The van der Waals surface area contributed by atoms with E-state index in [1.54, 1.807) is 0 Å². The van der Waals surface area contributed by atoms with Crippen LogP contribution in [0, 0.1) is 13.8 Å². The number of hydrogen-bond acceptors (Lipinski definition) is 2. The van der Waals surface area contributed by atoms with Gasteiger partial charge in [-0.25, -0.2) is 0 Å². The SMILES string of the molecule is Cc1ccc(OC/C=C/N(C)c2cccc(C)c2)cc1. The number of anilines is 1. The topological polar surface area (TPSA) is 12.5 Å². The molecule has 20 heavy (non-hydrogen) atoms. The van der Waals surface area contributed by atoms with Gasteiger partial charge in [-0.3, -0.25) is 0 Å². The molecule has 2 aromatic carbocycles. The van der Waals surface area contributed by atoms with Crippen LogP contribution in [0.15, 0.2) is 60.8 Å². The smallest absolute Gasteiger partial charge is 0.119 e. The predicted molar refractivity (Wildman–Crippen MR) is 85.4 cm³/mol. The minimum absolute atomic E-state index is 0.569. The van der Waals surface area contributed by atoms with Crippen molar-refractivity contribution in [2.45, 2.75) is 13.8 Å². The quantitative estimate of drug-likeness (QED) is 0.799. The summed E-state index contributed by atoms with van der Waals surface area (Å²) < 4.78 is 5.66. The van der Waals surface area contributed by atoms with Gasteiger partial charge in [0.2, 0.25) is 0 Å². The molecule has 2 aromatic rings. The molecule has 0 aliphatic rings. The largest absolute Gasteiger partial charge is 0.489 e. The Hall–Kier alpha value is -2.22. The van der Waals surface area contributed by atoms with Gasteiger partial charge in [0.15, 0.2) is 0 Å². The molecule has 0 heterocycles. The fourth-order valence-corrected chi connectivity index (χ4v) is 1.91. The van der Waals surface area contributed by atoms with E-state index in [4.69, 9.17) is 4.74 Å². The average molecular weight is 267 g/mol. The van der Waals surface area contributed by atoms with Crippen LogP contribution in [0.25, 0.3) is 0 Å². The van der Waals surface area contributed by atoms with E-state index in [-0.39, 0.29) is 0 Å². The van der Waals surface area contributed by atoms with Gasteiger partial charge in [0.25, 0.3) is 0 Å². The first kappa shape index (κ1) is 14.2. The Kier molecular flexibility index (Phi) is 4.83. The molecule has 0 spiro atoms. The number of aryl methyl sites for hydroxylation is 2. The van der Waals surface area contributed by atoms with Gasteiger partial charge in [0, 0.05) is 18.9 Å². The number of nitrogens with zero attached hydrogens (tertiary/aromatic N) is 1. The Morgan fingerprint density at radius 1 is 1.00 bits per heavy atom. The van der Waals surface area contributed by atoms with Gasteiger partial charge in [-0.05, 0) is 49.8 Å². The van der Waals surface area contributed by atoms with Crippen LogP contribution in [0.1, 0.15) is 11.1 Å². The molecule has 0 aliphatic heterocycles. The van der Waals surface area contributed by atoms with Crippen LogP contribution >= 0.6 is 0 Å². The summed E-state index contributed by atoms with van der Waals surface area (Å²) in [5, 5.41) is 0. The highest BCUT2D eigenvalue weighted by atomic mass is 16.5. The third-order valence-electron chi connectivity index (χ3n) is 3.11. The summed E-state index contributed by atoms with van der Waals surface area (Å²) in [5.41, 5.74) is 3.68. The maximum atomic E-state index is 5.66. The lowest BCUT2D eigenvalue weighted by Crippen LogP contribution is -2.08. The van der Waals surface area contributed by atoms with E-state index < -0.39 is 0 Å². The normalized spacial score (nSPS) is 10.8. The zero-order valence-electron chi connectivity index (χ0n) is 12.3. The third kappa shape index (κ3) is 4.16. The van der Waals surface area contributed by atoms with Crippen molar-refractivity contribution in [3.8, 4) is 5.75 Å². The summed E-state index contributed by atoms with van der Waals surface area (Å²) in [5.74, 6) is 0.901. The van der Waals surface area contributed by atoms with Gasteiger partial charge in [0.05, 0.1) is 0 Å². The first-order valence-electron chi connectivity index (χ1n) is 6.81. The molecule has 0 unspecified atom stereocenters. The molecule has 0 bridgehead atoms. The highest BCUT2D eigenvalue weighted by Gasteiger charge is 1.96. The van der Waals surface area contributed by atoms with E-state index in [0.29, 0.717) is 6.61 Å². The Balaban J connectivity index is 1.85. The van der Waals surface area contributed by atoms with Crippen molar-refractivity contribution in [3.63, 3.8) is 0 Å². The molecule has 0 fully saturated rings. The molecular formula is C18H21NO. The van der Waals surface area contributed by atoms with E-state index in [0.717, 1.165) is 5.75 Å². The highest BCUT2D eigenvalue weighted by Crippen LogP contribution is 2.14. The molecule has 0 N–H and O–H groups in total. The fourth-order valence-electron chi connectivity index (χ4n) is 1.91. The van der Waals surface area contributed by atoms with Crippen molar-refractivity contribution >= 4 is 5.69 Å². The van der Waals surface area contributed by atoms with Crippen molar-refractivity contribution in [1.82, 2.24) is 0 Å². The van der Waals surface area contributed by atoms with Crippen LogP contribution in [-0.4, -0.2) is 13.7 Å². The number of benzene rings is 2. The Labute approximate surface area is 121 Å². The van der Waals surface area contributed by atoms with Crippen molar-refractivity contribution in [3.05, 3.63) is 71.9 Å². The summed E-state index contributed by atoms with van der Waals surface area (Å²) in [7, 11) is 2.04. The molecule has 0 atom stereocenters. The second kappa shape index (κ2) is 6.80. The molecule has 0 radical (unpaired) electrons. The summed E-state index contributed by atoms with van der Waals surface area (Å²) in [6.45, 7) is 4.74. The van der Waals surface area contributed by atoms with Crippen molar-refractivity contribution in [2.24, 2.45) is 0 Å². The van der Waals surface area contributed by atoms with E-state index in [1.807, 2.05) is 31.5 Å². The molecular weight excluding hydrogens is 246 g/mol. The molecule has 104 valence electrons. The summed E-state index contributed by atoms with van der Waals surface area (Å²) in [4.78, 5) is 2.09. The molecule has 0 aromatic heterocycles. The van der Waals surface area contributed by atoms with E-state index >= 15 is 0 Å². The van der Waals surface area contributed by atoms with E-state index in [1.165, 1.54) is 16.8 Å².